The Morgan fingerprint density at radius 1 is 1.17 bits per heavy atom. The van der Waals surface area contributed by atoms with Crippen LogP contribution >= 0.6 is 0 Å². The first-order valence-corrected chi connectivity index (χ1v) is 9.48. The zero-order valence-corrected chi connectivity index (χ0v) is 16.4. The van der Waals surface area contributed by atoms with Crippen molar-refractivity contribution in [1.29, 1.82) is 0 Å². The van der Waals surface area contributed by atoms with Gasteiger partial charge in [0.05, 0.1) is 0 Å². The zero-order chi connectivity index (χ0) is 21.2. The molecule has 0 unspecified atom stereocenters. The van der Waals surface area contributed by atoms with Gasteiger partial charge in [0.2, 0.25) is 5.91 Å². The maximum Gasteiger partial charge on any atom is 0.326 e. The van der Waals surface area contributed by atoms with Gasteiger partial charge in [0, 0.05) is 24.2 Å². The SMILES string of the molecule is CC[C@]1(C)NC(=O)N(CC(=O)OCC(=O)c2ccc(N3CCCC3=O)cc2)C1=O. The van der Waals surface area contributed by atoms with E-state index in [2.05, 4.69) is 5.32 Å². The average molecular weight is 401 g/mol. The molecular formula is C20H23N3O6. The number of benzene rings is 1. The lowest BCUT2D eigenvalue weighted by atomic mass is 9.99. The maximum atomic E-state index is 12.3. The van der Waals surface area contributed by atoms with Crippen LogP contribution in [0.15, 0.2) is 24.3 Å². The molecule has 2 saturated heterocycles. The standard InChI is InChI=1S/C20H23N3O6/c1-3-20(2)18(27)23(19(28)21-20)11-17(26)29-12-15(24)13-6-8-14(9-7-13)22-10-4-5-16(22)25/h6-9H,3-5,10-12H2,1-2H3,(H,21,28)/t20-/m0/s1. The monoisotopic (exact) mass is 401 g/mol. The summed E-state index contributed by atoms with van der Waals surface area (Å²) in [7, 11) is 0. The molecule has 1 N–H and O–H groups in total. The normalized spacial score (nSPS) is 21.5. The molecule has 1 aromatic rings. The Bertz CT molecular complexity index is 865. The van der Waals surface area contributed by atoms with Gasteiger partial charge in [0.15, 0.2) is 12.4 Å². The molecule has 0 spiro atoms. The number of hydrogen-bond acceptors (Lipinski definition) is 6. The summed E-state index contributed by atoms with van der Waals surface area (Å²) in [6.07, 6.45) is 1.72. The van der Waals surface area contributed by atoms with Gasteiger partial charge in [-0.15, -0.1) is 0 Å². The summed E-state index contributed by atoms with van der Waals surface area (Å²) in [5.41, 5.74) is 0.0198. The smallest absolute Gasteiger partial charge is 0.326 e. The number of rotatable bonds is 7. The lowest BCUT2D eigenvalue weighted by Crippen LogP contribution is -2.43. The van der Waals surface area contributed by atoms with E-state index in [1.54, 1.807) is 43.0 Å². The second kappa shape index (κ2) is 8.02. The van der Waals surface area contributed by atoms with Crippen LogP contribution in [0, 0.1) is 0 Å². The number of ether oxygens (including phenoxy) is 1. The van der Waals surface area contributed by atoms with Gasteiger partial charge in [-0.2, -0.15) is 0 Å². The highest BCUT2D eigenvalue weighted by Gasteiger charge is 2.47. The Balaban J connectivity index is 1.53. The van der Waals surface area contributed by atoms with E-state index in [4.69, 9.17) is 4.74 Å². The molecule has 0 radical (unpaired) electrons. The zero-order valence-electron chi connectivity index (χ0n) is 16.4. The van der Waals surface area contributed by atoms with Gasteiger partial charge in [-0.1, -0.05) is 6.92 Å². The molecule has 0 saturated carbocycles. The Morgan fingerprint density at radius 2 is 1.86 bits per heavy atom. The minimum Gasteiger partial charge on any atom is -0.456 e. The highest BCUT2D eigenvalue weighted by molar-refractivity contribution is 6.08. The minimum absolute atomic E-state index is 0.0534. The third-order valence-electron chi connectivity index (χ3n) is 5.28. The average Bonchev–Trinajstić information content (AvgIpc) is 3.23. The van der Waals surface area contributed by atoms with Crippen LogP contribution < -0.4 is 10.2 Å². The number of imide groups is 1. The molecule has 4 amide bonds. The van der Waals surface area contributed by atoms with E-state index in [-0.39, 0.29) is 5.91 Å². The molecule has 1 atom stereocenters. The summed E-state index contributed by atoms with van der Waals surface area (Å²) in [4.78, 5) is 62.6. The molecule has 2 aliphatic heterocycles. The number of carbonyl (C=O) groups is 5. The maximum absolute atomic E-state index is 12.3. The van der Waals surface area contributed by atoms with Crippen molar-refractivity contribution in [3.8, 4) is 0 Å². The fraction of sp³-hybridized carbons (Fsp3) is 0.450. The summed E-state index contributed by atoms with van der Waals surface area (Å²) in [5, 5.41) is 2.54. The number of ketones is 1. The largest absolute Gasteiger partial charge is 0.456 e. The number of hydrogen-bond donors (Lipinski definition) is 1. The first kappa shape index (κ1) is 20.5. The lowest BCUT2D eigenvalue weighted by Gasteiger charge is -2.18. The van der Waals surface area contributed by atoms with Crippen LogP contribution in [0.5, 0.6) is 0 Å². The van der Waals surface area contributed by atoms with E-state index in [9.17, 15) is 24.0 Å². The third-order valence-corrected chi connectivity index (χ3v) is 5.28. The first-order valence-electron chi connectivity index (χ1n) is 9.48. The van der Waals surface area contributed by atoms with Crippen LogP contribution in [0.1, 0.15) is 43.5 Å². The summed E-state index contributed by atoms with van der Waals surface area (Å²) in [6, 6.07) is 5.84. The summed E-state index contributed by atoms with van der Waals surface area (Å²) < 4.78 is 4.94. The van der Waals surface area contributed by atoms with Crippen LogP contribution in [-0.2, 0) is 19.1 Å². The van der Waals surface area contributed by atoms with Crippen molar-refractivity contribution < 1.29 is 28.7 Å². The van der Waals surface area contributed by atoms with Gasteiger partial charge in [-0.3, -0.25) is 24.1 Å². The molecule has 3 rings (SSSR count). The second-order valence-corrected chi connectivity index (χ2v) is 7.29. The van der Waals surface area contributed by atoms with Crippen molar-refractivity contribution in [2.45, 2.75) is 38.6 Å². The molecule has 9 nitrogen and oxygen atoms in total. The van der Waals surface area contributed by atoms with Crippen LogP contribution in [0.25, 0.3) is 0 Å². The van der Waals surface area contributed by atoms with E-state index in [1.807, 2.05) is 0 Å². The van der Waals surface area contributed by atoms with Gasteiger partial charge in [-0.25, -0.2) is 4.79 Å². The second-order valence-electron chi connectivity index (χ2n) is 7.29. The fourth-order valence-corrected chi connectivity index (χ4v) is 3.28. The molecule has 154 valence electrons. The van der Waals surface area contributed by atoms with Gasteiger partial charge in [0.25, 0.3) is 5.91 Å². The first-order chi connectivity index (χ1) is 13.7. The number of Topliss-reactive ketones (excluding diaryl/α,β-unsaturated/α-hetero) is 1. The van der Waals surface area contributed by atoms with E-state index in [0.717, 1.165) is 17.0 Å². The van der Waals surface area contributed by atoms with Crippen LogP contribution in [0.3, 0.4) is 0 Å². The minimum atomic E-state index is -1.04. The lowest BCUT2D eigenvalue weighted by molar-refractivity contribution is -0.146. The number of nitrogens with one attached hydrogen (secondary N) is 1. The summed E-state index contributed by atoms with van der Waals surface area (Å²) in [6.45, 7) is 2.94. The highest BCUT2D eigenvalue weighted by atomic mass is 16.5. The van der Waals surface area contributed by atoms with Gasteiger partial charge < -0.3 is 15.0 Å². The predicted octanol–water partition coefficient (Wildman–Crippen LogP) is 1.26. The molecule has 1 aromatic carbocycles. The number of carbonyl (C=O) groups excluding carboxylic acids is 5. The fourth-order valence-electron chi connectivity index (χ4n) is 3.28. The third kappa shape index (κ3) is 4.13. The molecule has 0 aliphatic carbocycles. The van der Waals surface area contributed by atoms with E-state index >= 15 is 0 Å². The Hall–Kier alpha value is -3.23. The molecule has 9 heteroatoms. The predicted molar refractivity (Wildman–Crippen MR) is 102 cm³/mol. The van der Waals surface area contributed by atoms with Gasteiger partial charge in [0.1, 0.15) is 12.1 Å². The van der Waals surface area contributed by atoms with Crippen molar-refractivity contribution >= 4 is 35.3 Å². The summed E-state index contributed by atoms with van der Waals surface area (Å²) >= 11 is 0. The number of urea groups is 1. The van der Waals surface area contributed by atoms with Crippen molar-refractivity contribution in [2.75, 3.05) is 24.6 Å². The van der Waals surface area contributed by atoms with E-state index in [0.29, 0.717) is 24.9 Å². The molecule has 2 aliphatic rings. The van der Waals surface area contributed by atoms with Gasteiger partial charge in [-0.05, 0) is 44.0 Å². The molecule has 0 bridgehead atoms. The Labute approximate surface area is 168 Å². The summed E-state index contributed by atoms with van der Waals surface area (Å²) in [5.74, 6) is -1.72. The van der Waals surface area contributed by atoms with E-state index < -0.39 is 42.4 Å². The van der Waals surface area contributed by atoms with Crippen molar-refractivity contribution in [1.82, 2.24) is 10.2 Å². The van der Waals surface area contributed by atoms with Crippen LogP contribution in [0.2, 0.25) is 0 Å². The van der Waals surface area contributed by atoms with Crippen molar-refractivity contribution in [3.63, 3.8) is 0 Å². The Kier molecular flexibility index (Phi) is 5.67. The molecule has 0 aromatic heterocycles. The van der Waals surface area contributed by atoms with Crippen molar-refractivity contribution in [3.05, 3.63) is 29.8 Å². The number of esters is 1. The molecule has 29 heavy (non-hydrogen) atoms. The van der Waals surface area contributed by atoms with Crippen LogP contribution in [-0.4, -0.2) is 59.7 Å². The number of amides is 4. The quantitative estimate of drug-likeness (QED) is 0.418. The highest BCUT2D eigenvalue weighted by Crippen LogP contribution is 2.22. The number of nitrogens with zero attached hydrogens (tertiary/aromatic N) is 2. The molecular weight excluding hydrogens is 378 g/mol. The van der Waals surface area contributed by atoms with Gasteiger partial charge >= 0.3 is 12.0 Å². The number of anilines is 1. The Morgan fingerprint density at radius 3 is 2.41 bits per heavy atom. The van der Waals surface area contributed by atoms with Crippen LogP contribution in [0.4, 0.5) is 10.5 Å². The molecule has 2 fully saturated rings. The van der Waals surface area contributed by atoms with Crippen molar-refractivity contribution in [2.24, 2.45) is 0 Å². The molecule has 2 heterocycles. The van der Waals surface area contributed by atoms with E-state index in [1.165, 1.54) is 0 Å². The topological polar surface area (TPSA) is 113 Å².